The number of hydrogen-bond acceptors (Lipinski definition) is 3. The van der Waals surface area contributed by atoms with E-state index in [-0.39, 0.29) is 5.69 Å². The maximum atomic E-state index is 11.2. The zero-order valence-corrected chi connectivity index (χ0v) is 12.1. The van der Waals surface area contributed by atoms with Crippen LogP contribution in [-0.4, -0.2) is 29.7 Å². The SMILES string of the molecule is CCC(C)CN(C)c1nc(C(=O)O)cc2ccccc12. The van der Waals surface area contributed by atoms with Crippen LogP contribution in [0.15, 0.2) is 30.3 Å². The third-order valence-electron chi connectivity index (χ3n) is 3.58. The molecule has 1 aromatic heterocycles. The van der Waals surface area contributed by atoms with E-state index in [0.717, 1.165) is 29.6 Å². The van der Waals surface area contributed by atoms with Crippen molar-refractivity contribution in [2.75, 3.05) is 18.5 Å². The molecule has 106 valence electrons. The van der Waals surface area contributed by atoms with Crippen molar-refractivity contribution < 1.29 is 9.90 Å². The van der Waals surface area contributed by atoms with Crippen molar-refractivity contribution >= 4 is 22.6 Å². The van der Waals surface area contributed by atoms with E-state index in [0.29, 0.717) is 5.92 Å². The summed E-state index contributed by atoms with van der Waals surface area (Å²) in [6.45, 7) is 5.19. The molecule has 0 saturated carbocycles. The molecule has 1 unspecified atom stereocenters. The van der Waals surface area contributed by atoms with Gasteiger partial charge >= 0.3 is 5.97 Å². The molecule has 0 aliphatic heterocycles. The van der Waals surface area contributed by atoms with Gasteiger partial charge in [-0.1, -0.05) is 44.5 Å². The molecule has 0 bridgehead atoms. The second kappa shape index (κ2) is 5.90. The Labute approximate surface area is 119 Å². The Morgan fingerprint density at radius 1 is 1.40 bits per heavy atom. The summed E-state index contributed by atoms with van der Waals surface area (Å²) in [7, 11) is 1.96. The Bertz CT molecular complexity index is 625. The first-order valence-corrected chi connectivity index (χ1v) is 6.87. The molecule has 1 N–H and O–H groups in total. The molecular weight excluding hydrogens is 252 g/mol. The van der Waals surface area contributed by atoms with Crippen LogP contribution in [0.3, 0.4) is 0 Å². The van der Waals surface area contributed by atoms with Crippen LogP contribution in [0.2, 0.25) is 0 Å². The summed E-state index contributed by atoms with van der Waals surface area (Å²) in [5, 5.41) is 11.1. The molecule has 20 heavy (non-hydrogen) atoms. The molecule has 4 heteroatoms. The molecule has 0 fully saturated rings. The number of carboxylic acids is 1. The smallest absolute Gasteiger partial charge is 0.354 e. The van der Waals surface area contributed by atoms with Gasteiger partial charge < -0.3 is 10.0 Å². The maximum absolute atomic E-state index is 11.2. The summed E-state index contributed by atoms with van der Waals surface area (Å²) < 4.78 is 0. The van der Waals surface area contributed by atoms with Crippen LogP contribution < -0.4 is 4.90 Å². The first-order chi connectivity index (χ1) is 9.52. The van der Waals surface area contributed by atoms with Crippen LogP contribution in [0, 0.1) is 5.92 Å². The average Bonchev–Trinajstić information content (AvgIpc) is 2.45. The van der Waals surface area contributed by atoms with E-state index in [2.05, 4.69) is 18.8 Å². The molecule has 2 aromatic rings. The molecule has 1 heterocycles. The van der Waals surface area contributed by atoms with Crippen LogP contribution in [0.4, 0.5) is 5.82 Å². The second-order valence-corrected chi connectivity index (χ2v) is 5.25. The van der Waals surface area contributed by atoms with Crippen molar-refractivity contribution in [2.45, 2.75) is 20.3 Å². The Kier molecular flexibility index (Phi) is 4.23. The molecule has 0 saturated heterocycles. The van der Waals surface area contributed by atoms with Gasteiger partial charge in [-0.3, -0.25) is 0 Å². The largest absolute Gasteiger partial charge is 0.477 e. The number of carboxylic acid groups (broad SMARTS) is 1. The number of nitrogens with zero attached hydrogens (tertiary/aromatic N) is 2. The van der Waals surface area contributed by atoms with E-state index in [1.54, 1.807) is 6.07 Å². The van der Waals surface area contributed by atoms with E-state index >= 15 is 0 Å². The summed E-state index contributed by atoms with van der Waals surface area (Å²) in [5.74, 6) is 0.281. The van der Waals surface area contributed by atoms with Crippen molar-refractivity contribution in [2.24, 2.45) is 5.92 Å². The predicted octanol–water partition coefficient (Wildman–Crippen LogP) is 3.42. The zero-order valence-electron chi connectivity index (χ0n) is 12.1. The van der Waals surface area contributed by atoms with E-state index < -0.39 is 5.97 Å². The van der Waals surface area contributed by atoms with E-state index in [1.807, 2.05) is 36.2 Å². The Hall–Kier alpha value is -2.10. The van der Waals surface area contributed by atoms with E-state index in [9.17, 15) is 9.90 Å². The summed E-state index contributed by atoms with van der Waals surface area (Å²) in [6, 6.07) is 9.39. The number of anilines is 1. The van der Waals surface area contributed by atoms with Gasteiger partial charge in [0.1, 0.15) is 5.82 Å². The summed E-state index contributed by atoms with van der Waals surface area (Å²) in [6.07, 6.45) is 1.08. The van der Waals surface area contributed by atoms with Crippen molar-refractivity contribution in [3.63, 3.8) is 0 Å². The topological polar surface area (TPSA) is 53.4 Å². The van der Waals surface area contributed by atoms with E-state index in [4.69, 9.17) is 0 Å². The van der Waals surface area contributed by atoms with Crippen LogP contribution in [0.25, 0.3) is 10.8 Å². The highest BCUT2D eigenvalue weighted by Gasteiger charge is 2.14. The third-order valence-corrected chi connectivity index (χ3v) is 3.58. The summed E-state index contributed by atoms with van der Waals surface area (Å²) >= 11 is 0. The predicted molar refractivity (Wildman–Crippen MR) is 81.4 cm³/mol. The minimum atomic E-state index is -0.992. The first-order valence-electron chi connectivity index (χ1n) is 6.87. The fourth-order valence-corrected chi connectivity index (χ4v) is 2.26. The molecule has 1 atom stereocenters. The number of benzene rings is 1. The third kappa shape index (κ3) is 2.90. The second-order valence-electron chi connectivity index (χ2n) is 5.25. The average molecular weight is 272 g/mol. The minimum absolute atomic E-state index is 0.0923. The van der Waals surface area contributed by atoms with Gasteiger partial charge in [-0.15, -0.1) is 0 Å². The van der Waals surface area contributed by atoms with Gasteiger partial charge in [0.15, 0.2) is 5.69 Å². The Balaban J connectivity index is 2.52. The number of pyridine rings is 1. The maximum Gasteiger partial charge on any atom is 0.354 e. The van der Waals surface area contributed by atoms with Gasteiger partial charge in [-0.05, 0) is 17.4 Å². The highest BCUT2D eigenvalue weighted by atomic mass is 16.4. The summed E-state index contributed by atoms with van der Waals surface area (Å²) in [4.78, 5) is 17.6. The molecule has 1 aromatic carbocycles. The number of rotatable bonds is 5. The number of hydrogen-bond donors (Lipinski definition) is 1. The fourth-order valence-electron chi connectivity index (χ4n) is 2.26. The summed E-state index contributed by atoms with van der Waals surface area (Å²) in [5.41, 5.74) is 0.0923. The standard InChI is InChI=1S/C16H20N2O2/c1-4-11(2)10-18(3)15-13-8-6-5-7-12(13)9-14(17-15)16(19)20/h5-9,11H,4,10H2,1-3H3,(H,19,20). The van der Waals surface area contributed by atoms with Gasteiger partial charge in [0.2, 0.25) is 0 Å². The van der Waals surface area contributed by atoms with Gasteiger partial charge in [-0.25, -0.2) is 9.78 Å². The van der Waals surface area contributed by atoms with Gasteiger partial charge in [-0.2, -0.15) is 0 Å². The van der Waals surface area contributed by atoms with Crippen molar-refractivity contribution in [3.05, 3.63) is 36.0 Å². The molecule has 0 amide bonds. The molecule has 0 aliphatic carbocycles. The highest BCUT2D eigenvalue weighted by Crippen LogP contribution is 2.25. The fraction of sp³-hybridized carbons (Fsp3) is 0.375. The first kappa shape index (κ1) is 14.3. The van der Waals surface area contributed by atoms with E-state index in [1.165, 1.54) is 0 Å². The minimum Gasteiger partial charge on any atom is -0.477 e. The zero-order chi connectivity index (χ0) is 14.7. The van der Waals surface area contributed by atoms with Crippen molar-refractivity contribution in [1.82, 2.24) is 4.98 Å². The molecule has 0 radical (unpaired) electrons. The van der Waals surface area contributed by atoms with Gasteiger partial charge in [0.05, 0.1) is 0 Å². The number of fused-ring (bicyclic) bond motifs is 1. The number of carbonyl (C=O) groups is 1. The van der Waals surface area contributed by atoms with Gasteiger partial charge in [0, 0.05) is 19.0 Å². The molecule has 4 nitrogen and oxygen atoms in total. The molecular formula is C16H20N2O2. The highest BCUT2D eigenvalue weighted by molar-refractivity contribution is 5.97. The lowest BCUT2D eigenvalue weighted by Gasteiger charge is -2.23. The number of aromatic carboxylic acids is 1. The lowest BCUT2D eigenvalue weighted by atomic mass is 10.1. The normalized spacial score (nSPS) is 12.3. The van der Waals surface area contributed by atoms with Crippen LogP contribution in [0.5, 0.6) is 0 Å². The quantitative estimate of drug-likeness (QED) is 0.906. The van der Waals surface area contributed by atoms with Crippen molar-refractivity contribution in [1.29, 1.82) is 0 Å². The Morgan fingerprint density at radius 3 is 2.75 bits per heavy atom. The van der Waals surface area contributed by atoms with Crippen LogP contribution in [0.1, 0.15) is 30.8 Å². The van der Waals surface area contributed by atoms with Crippen LogP contribution >= 0.6 is 0 Å². The molecule has 0 spiro atoms. The lowest BCUT2D eigenvalue weighted by Crippen LogP contribution is -2.25. The molecule has 0 aliphatic rings. The molecule has 2 rings (SSSR count). The Morgan fingerprint density at radius 2 is 2.10 bits per heavy atom. The lowest BCUT2D eigenvalue weighted by molar-refractivity contribution is 0.0691. The monoisotopic (exact) mass is 272 g/mol. The van der Waals surface area contributed by atoms with Crippen molar-refractivity contribution in [3.8, 4) is 0 Å². The van der Waals surface area contributed by atoms with Crippen LogP contribution in [-0.2, 0) is 0 Å². The van der Waals surface area contributed by atoms with Gasteiger partial charge in [0.25, 0.3) is 0 Å². The number of aromatic nitrogens is 1.